The Labute approximate surface area is 73.8 Å². The predicted molar refractivity (Wildman–Crippen MR) is 58.6 cm³/mol. The molecule has 0 spiro atoms. The Bertz CT molecular complexity index is 349. The van der Waals surface area contributed by atoms with E-state index in [4.69, 9.17) is 10.9 Å². The average molecular weight is 182 g/mol. The number of hydrogen-bond donors (Lipinski definition) is 2. The first kappa shape index (κ1) is 9.32. The van der Waals surface area contributed by atoms with Gasteiger partial charge in [-0.05, 0) is 17.7 Å². The van der Waals surface area contributed by atoms with E-state index in [0.29, 0.717) is 6.54 Å². The first-order valence-electron chi connectivity index (χ1n) is 3.60. The van der Waals surface area contributed by atoms with Gasteiger partial charge in [-0.1, -0.05) is 23.9 Å². The van der Waals surface area contributed by atoms with Crippen molar-refractivity contribution in [1.29, 1.82) is 0 Å². The normalized spacial score (nSPS) is 11.5. The third-order valence-corrected chi connectivity index (χ3v) is 2.84. The van der Waals surface area contributed by atoms with Crippen LogP contribution in [0.1, 0.15) is 5.56 Å². The fourth-order valence-electron chi connectivity index (χ4n) is 0.897. The molecule has 0 aromatic heterocycles. The molecule has 2 nitrogen and oxygen atoms in total. The van der Waals surface area contributed by atoms with Crippen LogP contribution in [0.4, 0.5) is 0 Å². The summed E-state index contributed by atoms with van der Waals surface area (Å²) in [6.45, 7) is 0.557. The summed E-state index contributed by atoms with van der Waals surface area (Å²) in [5.41, 5.74) is 6.55. The van der Waals surface area contributed by atoms with Crippen molar-refractivity contribution in [2.45, 2.75) is 11.4 Å². The van der Waals surface area contributed by atoms with E-state index in [1.54, 1.807) is 0 Å². The maximum absolute atomic E-state index is 5.78. The van der Waals surface area contributed by atoms with Crippen molar-refractivity contribution in [2.24, 2.45) is 10.9 Å². The molecule has 3 heteroatoms. The molecule has 1 rings (SSSR count). The highest BCUT2D eigenvalue weighted by Gasteiger charge is 1.94. The lowest BCUT2D eigenvalue weighted by molar-refractivity contribution is 1.07. The first-order valence-corrected chi connectivity index (χ1v) is 5.63. The Hall–Kier alpha value is -0.770. The summed E-state index contributed by atoms with van der Waals surface area (Å²) < 4.78 is 0. The molecule has 0 heterocycles. The Kier molecular flexibility index (Phi) is 2.57. The standard InChI is InChI=1S/C9H14N2S/c1-12(2,11)9-5-3-8(7-10)4-6-9/h3-6H,1-2,7,10-11H2. The number of rotatable bonds is 2. The summed E-state index contributed by atoms with van der Waals surface area (Å²) in [5.74, 6) is 7.63. The van der Waals surface area contributed by atoms with E-state index in [0.717, 1.165) is 10.5 Å². The zero-order valence-electron chi connectivity index (χ0n) is 6.99. The Morgan fingerprint density at radius 1 is 1.17 bits per heavy atom. The molecule has 0 aliphatic rings. The molecule has 4 N–H and O–H groups in total. The molecule has 1 aromatic carbocycles. The topological polar surface area (TPSA) is 52.0 Å². The first-order chi connectivity index (χ1) is 5.54. The summed E-state index contributed by atoms with van der Waals surface area (Å²) in [6, 6.07) is 7.80. The minimum Gasteiger partial charge on any atom is -0.326 e. The lowest BCUT2D eigenvalue weighted by Gasteiger charge is -2.07. The molecule has 66 valence electrons. The highest BCUT2D eigenvalue weighted by Crippen LogP contribution is 2.23. The second-order valence-electron chi connectivity index (χ2n) is 2.79. The van der Waals surface area contributed by atoms with E-state index in [9.17, 15) is 0 Å². The molecule has 1 aromatic rings. The van der Waals surface area contributed by atoms with E-state index in [1.807, 2.05) is 24.3 Å². The Morgan fingerprint density at radius 3 is 2.00 bits per heavy atom. The van der Waals surface area contributed by atoms with Crippen LogP contribution in [0.15, 0.2) is 29.2 Å². The predicted octanol–water partition coefficient (Wildman–Crippen LogP) is 1.05. The molecule has 0 aliphatic heterocycles. The fraction of sp³-hybridized carbons (Fsp3) is 0.111. The van der Waals surface area contributed by atoms with Gasteiger partial charge in [-0.3, -0.25) is 5.14 Å². The summed E-state index contributed by atoms with van der Waals surface area (Å²) >= 11 is 0. The second kappa shape index (κ2) is 3.31. The van der Waals surface area contributed by atoms with Crippen LogP contribution in [0, 0.1) is 0 Å². The summed E-state index contributed by atoms with van der Waals surface area (Å²) in [7, 11) is -1.57. The van der Waals surface area contributed by atoms with Gasteiger partial charge in [0.05, 0.1) is 0 Å². The molecular formula is C9H14N2S. The van der Waals surface area contributed by atoms with Crippen LogP contribution < -0.4 is 10.9 Å². The molecule has 0 fully saturated rings. The van der Waals surface area contributed by atoms with Gasteiger partial charge in [-0.25, -0.2) is 0 Å². The molecule has 0 amide bonds. The number of benzene rings is 1. The van der Waals surface area contributed by atoms with Gasteiger partial charge in [0.15, 0.2) is 0 Å². The van der Waals surface area contributed by atoms with Gasteiger partial charge in [-0.15, -0.1) is 9.39 Å². The molecule has 0 unspecified atom stereocenters. The van der Waals surface area contributed by atoms with Gasteiger partial charge in [0.2, 0.25) is 0 Å². The van der Waals surface area contributed by atoms with Gasteiger partial charge in [0.25, 0.3) is 0 Å². The van der Waals surface area contributed by atoms with Crippen LogP contribution in [0.25, 0.3) is 0 Å². The maximum Gasteiger partial charge on any atom is 0.0178 e. The molecule has 0 radical (unpaired) electrons. The molecule has 12 heavy (non-hydrogen) atoms. The van der Waals surface area contributed by atoms with E-state index in [2.05, 4.69) is 11.7 Å². The highest BCUT2D eigenvalue weighted by molar-refractivity contribution is 8.26. The van der Waals surface area contributed by atoms with Crippen molar-refractivity contribution in [2.75, 3.05) is 0 Å². The monoisotopic (exact) mass is 182 g/mol. The van der Waals surface area contributed by atoms with Gasteiger partial charge >= 0.3 is 0 Å². The minimum absolute atomic E-state index is 0.557. The van der Waals surface area contributed by atoms with Crippen LogP contribution in [0.2, 0.25) is 0 Å². The smallest absolute Gasteiger partial charge is 0.0178 e. The fourth-order valence-corrected chi connectivity index (χ4v) is 1.57. The minimum atomic E-state index is -1.57. The van der Waals surface area contributed by atoms with E-state index < -0.39 is 9.39 Å². The maximum atomic E-state index is 5.78. The van der Waals surface area contributed by atoms with Crippen molar-refractivity contribution >= 4 is 21.1 Å². The van der Waals surface area contributed by atoms with Crippen LogP contribution >= 0.6 is 9.39 Å². The van der Waals surface area contributed by atoms with Crippen molar-refractivity contribution in [1.82, 2.24) is 0 Å². The number of hydrogen-bond acceptors (Lipinski definition) is 2. The zero-order chi connectivity index (χ0) is 9.19. The molecule has 0 atom stereocenters. The molecule has 0 saturated carbocycles. The third kappa shape index (κ3) is 2.11. The van der Waals surface area contributed by atoms with Gasteiger partial charge in [0.1, 0.15) is 0 Å². The Morgan fingerprint density at radius 2 is 1.67 bits per heavy atom. The molecule has 0 saturated heterocycles. The van der Waals surface area contributed by atoms with Crippen LogP contribution in [0.5, 0.6) is 0 Å². The van der Waals surface area contributed by atoms with E-state index in [1.165, 1.54) is 0 Å². The van der Waals surface area contributed by atoms with Crippen LogP contribution in [0.3, 0.4) is 0 Å². The van der Waals surface area contributed by atoms with Crippen LogP contribution in [-0.4, -0.2) is 11.7 Å². The lowest BCUT2D eigenvalue weighted by Crippen LogP contribution is -1.97. The largest absolute Gasteiger partial charge is 0.326 e. The van der Waals surface area contributed by atoms with Crippen LogP contribution in [-0.2, 0) is 6.54 Å². The quantitative estimate of drug-likeness (QED) is 0.672. The molecular weight excluding hydrogens is 168 g/mol. The Balaban J connectivity index is 3.09. The van der Waals surface area contributed by atoms with Gasteiger partial charge in [-0.2, -0.15) is 0 Å². The van der Waals surface area contributed by atoms with Crippen molar-refractivity contribution in [3.63, 3.8) is 0 Å². The van der Waals surface area contributed by atoms with Gasteiger partial charge in [0, 0.05) is 11.4 Å². The zero-order valence-corrected chi connectivity index (χ0v) is 7.81. The molecule has 0 bridgehead atoms. The van der Waals surface area contributed by atoms with E-state index >= 15 is 0 Å². The third-order valence-electron chi connectivity index (χ3n) is 1.63. The van der Waals surface area contributed by atoms with Gasteiger partial charge < -0.3 is 5.73 Å². The average Bonchev–Trinajstić information content (AvgIpc) is 2.03. The summed E-state index contributed by atoms with van der Waals surface area (Å²) in [6.07, 6.45) is 0. The highest BCUT2D eigenvalue weighted by atomic mass is 32.2. The van der Waals surface area contributed by atoms with Crippen molar-refractivity contribution in [3.05, 3.63) is 29.8 Å². The van der Waals surface area contributed by atoms with Crippen molar-refractivity contribution in [3.8, 4) is 0 Å². The summed E-state index contributed by atoms with van der Waals surface area (Å²) in [4.78, 5) is 1.000. The SMILES string of the molecule is C=S(=C)(N)c1ccc(CN)cc1. The lowest BCUT2D eigenvalue weighted by atomic mass is 10.2. The second-order valence-corrected chi connectivity index (χ2v) is 5.15. The summed E-state index contributed by atoms with van der Waals surface area (Å²) in [5, 5.41) is 5.78. The van der Waals surface area contributed by atoms with E-state index in [-0.39, 0.29) is 0 Å². The molecule has 0 aliphatic carbocycles. The number of nitrogens with two attached hydrogens (primary N) is 2. The van der Waals surface area contributed by atoms with Crippen molar-refractivity contribution < 1.29 is 0 Å².